The second-order valence-electron chi connectivity index (χ2n) is 2.05. The molecule has 0 atom stereocenters. The van der Waals surface area contributed by atoms with E-state index in [0.29, 0.717) is 0 Å². The second kappa shape index (κ2) is 1.38. The Morgan fingerprint density at radius 2 is 1.78 bits per heavy atom. The van der Waals surface area contributed by atoms with Crippen LogP contribution in [0, 0.1) is 0 Å². The van der Waals surface area contributed by atoms with Crippen LogP contribution in [-0.2, 0) is 0 Å². The lowest BCUT2D eigenvalue weighted by Crippen LogP contribution is -1.98. The van der Waals surface area contributed by atoms with Gasteiger partial charge < -0.3 is 4.74 Å². The van der Waals surface area contributed by atoms with Crippen LogP contribution < -0.4 is 4.74 Å². The molecule has 0 radical (unpaired) electrons. The predicted octanol–water partition coefficient (Wildman–Crippen LogP) is 2.05. The van der Waals surface area contributed by atoms with Crippen LogP contribution >= 0.6 is 0 Å². The summed E-state index contributed by atoms with van der Waals surface area (Å²) in [6.45, 7) is 3.71. The van der Waals surface area contributed by atoms with Crippen LogP contribution in [0.2, 0.25) is 0 Å². The van der Waals surface area contributed by atoms with E-state index in [2.05, 4.69) is 6.58 Å². The number of ether oxygens (including phenoxy) is 1. The van der Waals surface area contributed by atoms with Gasteiger partial charge in [-0.2, -0.15) is 0 Å². The van der Waals surface area contributed by atoms with Crippen LogP contribution in [0.1, 0.15) is 5.56 Å². The molecule has 0 aliphatic carbocycles. The van der Waals surface area contributed by atoms with Gasteiger partial charge in [-0.25, -0.2) is 0 Å². The molecule has 1 nitrogen and oxygen atoms in total. The third kappa shape index (κ3) is 0.545. The normalized spacial score (nSPS) is 13.6. The molecule has 1 aromatic carbocycles. The molecule has 0 unspecified atom stereocenters. The van der Waals surface area contributed by atoms with Crippen molar-refractivity contribution in [3.63, 3.8) is 0 Å². The van der Waals surface area contributed by atoms with Crippen molar-refractivity contribution in [3.8, 4) is 5.75 Å². The number of fused-ring (bicyclic) bond motifs is 3. The van der Waals surface area contributed by atoms with Crippen LogP contribution in [0.3, 0.4) is 0 Å². The van der Waals surface area contributed by atoms with Gasteiger partial charge >= 0.3 is 0 Å². The standard InChI is InChI=1S/C8H6O/c1-6-7-2-4-8(9-6)5-3-7/h2-5H,1H2. The van der Waals surface area contributed by atoms with Gasteiger partial charge in [-0.15, -0.1) is 0 Å². The van der Waals surface area contributed by atoms with Crippen molar-refractivity contribution in [3.05, 3.63) is 36.4 Å². The summed E-state index contributed by atoms with van der Waals surface area (Å²) in [5.41, 5.74) is 1.07. The summed E-state index contributed by atoms with van der Waals surface area (Å²) in [7, 11) is 0. The van der Waals surface area contributed by atoms with E-state index in [4.69, 9.17) is 4.74 Å². The van der Waals surface area contributed by atoms with E-state index in [9.17, 15) is 0 Å². The second-order valence-corrected chi connectivity index (χ2v) is 2.05. The topological polar surface area (TPSA) is 9.23 Å². The van der Waals surface area contributed by atoms with E-state index in [1.165, 1.54) is 0 Å². The highest BCUT2D eigenvalue weighted by Gasteiger charge is 2.07. The average Bonchev–Trinajstić information content (AvgIpc) is 1.90. The van der Waals surface area contributed by atoms with Gasteiger partial charge in [-0.1, -0.05) is 6.58 Å². The van der Waals surface area contributed by atoms with Gasteiger partial charge in [0.05, 0.1) is 0 Å². The maximum atomic E-state index is 5.20. The highest BCUT2D eigenvalue weighted by atomic mass is 16.5. The molecule has 2 bridgehead atoms. The lowest BCUT2D eigenvalue weighted by Gasteiger charge is -2.14. The Balaban J connectivity index is 2.72. The molecule has 2 aliphatic heterocycles. The van der Waals surface area contributed by atoms with Crippen LogP contribution in [0.5, 0.6) is 5.75 Å². The molecule has 1 heteroatoms. The van der Waals surface area contributed by atoms with Gasteiger partial charge in [0.2, 0.25) is 0 Å². The minimum absolute atomic E-state index is 0.759. The zero-order valence-corrected chi connectivity index (χ0v) is 4.92. The largest absolute Gasteiger partial charge is 0.457 e. The molecule has 0 saturated heterocycles. The van der Waals surface area contributed by atoms with Gasteiger partial charge in [0, 0.05) is 5.56 Å². The Bertz CT molecular complexity index is 246. The number of benzene rings is 1. The lowest BCUT2D eigenvalue weighted by atomic mass is 10.1. The van der Waals surface area contributed by atoms with Crippen molar-refractivity contribution in [2.24, 2.45) is 0 Å². The summed E-state index contributed by atoms with van der Waals surface area (Å²) in [4.78, 5) is 0. The van der Waals surface area contributed by atoms with Crippen molar-refractivity contribution in [1.82, 2.24) is 0 Å². The predicted molar refractivity (Wildman–Crippen MR) is 36.1 cm³/mol. The van der Waals surface area contributed by atoms with Gasteiger partial charge in [-0.3, -0.25) is 0 Å². The third-order valence-corrected chi connectivity index (χ3v) is 1.42. The molecule has 0 fully saturated rings. The quantitative estimate of drug-likeness (QED) is 0.506. The highest BCUT2D eigenvalue weighted by Crippen LogP contribution is 2.26. The zero-order chi connectivity index (χ0) is 6.27. The average molecular weight is 118 g/mol. The van der Waals surface area contributed by atoms with E-state index < -0.39 is 0 Å². The molecular formula is C8H6O. The maximum absolute atomic E-state index is 5.20. The van der Waals surface area contributed by atoms with Gasteiger partial charge in [0.15, 0.2) is 0 Å². The molecule has 0 aromatic heterocycles. The Kier molecular flexibility index (Phi) is 0.707. The minimum Gasteiger partial charge on any atom is -0.457 e. The van der Waals surface area contributed by atoms with E-state index in [1.807, 2.05) is 24.3 Å². The summed E-state index contributed by atoms with van der Waals surface area (Å²) in [6, 6.07) is 7.87. The lowest BCUT2D eigenvalue weighted by molar-refractivity contribution is 0.506. The number of hydrogen-bond donors (Lipinski definition) is 0. The number of hydrogen-bond acceptors (Lipinski definition) is 1. The van der Waals surface area contributed by atoms with Crippen LogP contribution in [0.25, 0.3) is 5.76 Å². The fourth-order valence-electron chi connectivity index (χ4n) is 0.910. The molecular weight excluding hydrogens is 112 g/mol. The van der Waals surface area contributed by atoms with Crippen LogP contribution in [0.15, 0.2) is 30.8 Å². The summed E-state index contributed by atoms with van der Waals surface area (Å²) in [6.07, 6.45) is 0. The van der Waals surface area contributed by atoms with Crippen molar-refractivity contribution < 1.29 is 4.74 Å². The Morgan fingerprint density at radius 3 is 2.00 bits per heavy atom. The van der Waals surface area contributed by atoms with Crippen molar-refractivity contribution in [1.29, 1.82) is 0 Å². The molecule has 9 heavy (non-hydrogen) atoms. The van der Waals surface area contributed by atoms with E-state index in [-0.39, 0.29) is 0 Å². The summed E-state index contributed by atoms with van der Waals surface area (Å²) < 4.78 is 5.20. The molecule has 1 aromatic rings. The Hall–Kier alpha value is -1.24. The van der Waals surface area contributed by atoms with Crippen molar-refractivity contribution in [2.45, 2.75) is 0 Å². The van der Waals surface area contributed by atoms with Gasteiger partial charge in [0.25, 0.3) is 0 Å². The van der Waals surface area contributed by atoms with Gasteiger partial charge in [0.1, 0.15) is 11.5 Å². The molecule has 2 heterocycles. The summed E-state index contributed by atoms with van der Waals surface area (Å²) in [5, 5.41) is 0. The smallest absolute Gasteiger partial charge is 0.127 e. The molecule has 0 saturated carbocycles. The number of rotatable bonds is 0. The third-order valence-electron chi connectivity index (χ3n) is 1.42. The van der Waals surface area contributed by atoms with E-state index in [1.54, 1.807) is 0 Å². The van der Waals surface area contributed by atoms with Crippen molar-refractivity contribution >= 4 is 5.76 Å². The SMILES string of the molecule is C=C1Oc2ccc1cc2. The fraction of sp³-hybridized carbons (Fsp3) is 0. The van der Waals surface area contributed by atoms with Crippen LogP contribution in [-0.4, -0.2) is 0 Å². The van der Waals surface area contributed by atoms with Gasteiger partial charge in [-0.05, 0) is 24.3 Å². The molecule has 0 N–H and O–H groups in total. The first kappa shape index (κ1) is 4.62. The first-order chi connectivity index (χ1) is 4.36. The first-order valence-electron chi connectivity index (χ1n) is 2.83. The molecule has 2 aliphatic rings. The Labute approximate surface area is 53.6 Å². The minimum atomic E-state index is 0.759. The zero-order valence-electron chi connectivity index (χ0n) is 4.92. The molecule has 0 amide bonds. The Morgan fingerprint density at radius 1 is 1.11 bits per heavy atom. The van der Waals surface area contributed by atoms with Crippen LogP contribution in [0.4, 0.5) is 0 Å². The molecule has 3 rings (SSSR count). The first-order valence-corrected chi connectivity index (χ1v) is 2.83. The molecule has 44 valence electrons. The van der Waals surface area contributed by atoms with E-state index >= 15 is 0 Å². The van der Waals surface area contributed by atoms with Crippen molar-refractivity contribution in [2.75, 3.05) is 0 Å². The monoisotopic (exact) mass is 118 g/mol. The highest BCUT2D eigenvalue weighted by molar-refractivity contribution is 5.64. The molecule has 0 spiro atoms. The summed E-state index contributed by atoms with van der Waals surface area (Å²) in [5.74, 6) is 1.64. The summed E-state index contributed by atoms with van der Waals surface area (Å²) >= 11 is 0. The maximum Gasteiger partial charge on any atom is 0.127 e. The van der Waals surface area contributed by atoms with E-state index in [0.717, 1.165) is 17.1 Å². The fourth-order valence-corrected chi connectivity index (χ4v) is 0.910.